The third-order valence-corrected chi connectivity index (χ3v) is 8.79. The predicted molar refractivity (Wildman–Crippen MR) is 125 cm³/mol. The number of anilines is 1. The molecule has 2 amide bonds. The minimum Gasteiger partial charge on any atom is -0.469 e. The molecule has 2 aromatic rings. The number of likely N-dealkylation sites (N-methyl/N-ethyl adjacent to an activating group) is 2. The van der Waals surface area contributed by atoms with Gasteiger partial charge in [0.25, 0.3) is 5.91 Å². The van der Waals surface area contributed by atoms with Crippen LogP contribution < -0.4 is 4.90 Å². The number of benzene rings is 1. The van der Waals surface area contributed by atoms with Crippen LogP contribution in [0, 0.1) is 0 Å². The van der Waals surface area contributed by atoms with Gasteiger partial charge in [0.15, 0.2) is 5.54 Å². The lowest BCUT2D eigenvalue weighted by Gasteiger charge is -2.41. The molecule has 3 atom stereocenters. The molecule has 0 saturated carbocycles. The number of nitrogens with zero attached hydrogens (tertiary/aromatic N) is 3. The van der Waals surface area contributed by atoms with Crippen LogP contribution >= 0.6 is 35.6 Å². The van der Waals surface area contributed by atoms with Crippen LogP contribution in [0.15, 0.2) is 53.7 Å². The van der Waals surface area contributed by atoms with Gasteiger partial charge in [0, 0.05) is 36.4 Å². The molecule has 4 heterocycles. The maximum Gasteiger partial charge on any atom is 0.254 e. The van der Waals surface area contributed by atoms with Crippen molar-refractivity contribution in [3.05, 3.63) is 65.6 Å². The maximum absolute atomic E-state index is 14.2. The van der Waals surface area contributed by atoms with Crippen molar-refractivity contribution in [2.75, 3.05) is 32.1 Å². The zero-order valence-corrected chi connectivity index (χ0v) is 19.4. The SMILES string of the molecule is C=CCN1C(=O)[C@@]2(SC1=S)C(c1ccco1)CN(C)[C@]21C(=O)N(C)c2ccc(Cl)cc21. The molecule has 2 spiro atoms. The van der Waals surface area contributed by atoms with Crippen LogP contribution in [0.2, 0.25) is 5.02 Å². The monoisotopic (exact) mass is 473 g/mol. The lowest BCUT2D eigenvalue weighted by atomic mass is 9.73. The number of amides is 2. The third-order valence-electron chi connectivity index (χ3n) is 6.61. The summed E-state index contributed by atoms with van der Waals surface area (Å²) in [7, 11) is 3.61. The van der Waals surface area contributed by atoms with E-state index in [0.29, 0.717) is 27.2 Å². The van der Waals surface area contributed by atoms with Gasteiger partial charge in [0.2, 0.25) is 5.91 Å². The van der Waals surface area contributed by atoms with Crippen LogP contribution in [0.3, 0.4) is 0 Å². The average molecular weight is 474 g/mol. The first-order chi connectivity index (χ1) is 14.8. The molecule has 1 unspecified atom stereocenters. The van der Waals surface area contributed by atoms with Crippen molar-refractivity contribution in [3.8, 4) is 0 Å². The van der Waals surface area contributed by atoms with E-state index in [-0.39, 0.29) is 24.3 Å². The van der Waals surface area contributed by atoms with Gasteiger partial charge in [0.1, 0.15) is 14.8 Å². The van der Waals surface area contributed by atoms with Crippen LogP contribution in [0.5, 0.6) is 0 Å². The van der Waals surface area contributed by atoms with Crippen LogP contribution in [-0.2, 0) is 15.1 Å². The highest BCUT2D eigenvalue weighted by Crippen LogP contribution is 2.66. The molecule has 0 radical (unpaired) electrons. The second-order valence-electron chi connectivity index (χ2n) is 7.99. The van der Waals surface area contributed by atoms with Crippen molar-refractivity contribution < 1.29 is 14.0 Å². The Morgan fingerprint density at radius 3 is 2.77 bits per heavy atom. The minimum absolute atomic E-state index is 0.176. The topological polar surface area (TPSA) is 57.0 Å². The Balaban J connectivity index is 1.85. The number of carbonyl (C=O) groups is 2. The van der Waals surface area contributed by atoms with Crippen LogP contribution in [0.25, 0.3) is 0 Å². The van der Waals surface area contributed by atoms with Gasteiger partial charge in [-0.05, 0) is 37.4 Å². The Hall–Kier alpha value is -2.13. The number of carbonyl (C=O) groups excluding carboxylic acids is 2. The highest BCUT2D eigenvalue weighted by atomic mass is 35.5. The molecule has 160 valence electrons. The van der Waals surface area contributed by atoms with Gasteiger partial charge in [-0.15, -0.1) is 6.58 Å². The van der Waals surface area contributed by atoms with Gasteiger partial charge in [-0.1, -0.05) is 41.7 Å². The zero-order valence-electron chi connectivity index (χ0n) is 17.0. The van der Waals surface area contributed by atoms with E-state index < -0.39 is 10.3 Å². The van der Waals surface area contributed by atoms with Gasteiger partial charge >= 0.3 is 0 Å². The van der Waals surface area contributed by atoms with E-state index in [0.717, 1.165) is 5.69 Å². The first-order valence-corrected chi connectivity index (χ1v) is 11.4. The van der Waals surface area contributed by atoms with E-state index in [1.807, 2.05) is 24.1 Å². The average Bonchev–Trinajstić information content (AvgIpc) is 3.45. The molecule has 0 aliphatic carbocycles. The van der Waals surface area contributed by atoms with Gasteiger partial charge in [-0.3, -0.25) is 19.4 Å². The van der Waals surface area contributed by atoms with E-state index in [9.17, 15) is 9.59 Å². The number of fused-ring (bicyclic) bond motifs is 3. The summed E-state index contributed by atoms with van der Waals surface area (Å²) >= 11 is 13.3. The van der Waals surface area contributed by atoms with Crippen molar-refractivity contribution in [3.63, 3.8) is 0 Å². The number of hydrogen-bond donors (Lipinski definition) is 0. The van der Waals surface area contributed by atoms with Crippen molar-refractivity contribution in [2.24, 2.45) is 0 Å². The summed E-state index contributed by atoms with van der Waals surface area (Å²) in [6.07, 6.45) is 3.23. The van der Waals surface area contributed by atoms with Crippen molar-refractivity contribution >= 4 is 57.4 Å². The number of thiocarbonyl (C=S) groups is 1. The fourth-order valence-corrected chi connectivity index (χ4v) is 7.69. The van der Waals surface area contributed by atoms with Crippen LogP contribution in [0.1, 0.15) is 17.2 Å². The molecule has 3 aliphatic heterocycles. The standard InChI is InChI=1S/C22H20ClN3O3S2/c1-4-9-26-19(28)22(31-20(26)30)15(17-6-5-10-29-17)12-24(2)21(22)14-11-13(23)7-8-16(14)25(3)18(21)27/h4-8,10-11,15H,1,9,12H2,2-3H3/t15?,21-,22+/m1/s1. The Labute approximate surface area is 194 Å². The molecule has 2 saturated heterocycles. The molecule has 6 nitrogen and oxygen atoms in total. The minimum atomic E-state index is -1.28. The number of halogens is 1. The predicted octanol–water partition coefficient (Wildman–Crippen LogP) is 3.62. The fourth-order valence-electron chi connectivity index (χ4n) is 5.40. The molecular weight excluding hydrogens is 454 g/mol. The van der Waals surface area contributed by atoms with E-state index in [1.54, 1.807) is 47.4 Å². The largest absolute Gasteiger partial charge is 0.469 e. The van der Waals surface area contributed by atoms with Gasteiger partial charge in [-0.25, -0.2) is 0 Å². The molecule has 3 aliphatic rings. The summed E-state index contributed by atoms with van der Waals surface area (Å²) in [5.41, 5.74) is 0.177. The van der Waals surface area contributed by atoms with E-state index >= 15 is 0 Å². The first-order valence-electron chi connectivity index (χ1n) is 9.79. The van der Waals surface area contributed by atoms with E-state index in [1.165, 1.54) is 11.8 Å². The number of rotatable bonds is 3. The smallest absolute Gasteiger partial charge is 0.254 e. The first kappa shape index (κ1) is 20.8. The summed E-state index contributed by atoms with van der Waals surface area (Å²) in [5.74, 6) is -0.119. The van der Waals surface area contributed by atoms with Crippen molar-refractivity contribution in [1.29, 1.82) is 0 Å². The maximum atomic E-state index is 14.2. The summed E-state index contributed by atoms with van der Waals surface area (Å²) < 4.78 is 4.98. The van der Waals surface area contributed by atoms with Crippen LogP contribution in [0.4, 0.5) is 5.69 Å². The molecule has 2 fully saturated rings. The molecule has 5 rings (SSSR count). The van der Waals surface area contributed by atoms with Gasteiger partial charge < -0.3 is 9.32 Å². The van der Waals surface area contributed by atoms with E-state index in [2.05, 4.69) is 6.58 Å². The summed E-state index contributed by atoms with van der Waals surface area (Å²) in [4.78, 5) is 33.4. The second kappa shape index (κ2) is 6.93. The Morgan fingerprint density at radius 2 is 2.10 bits per heavy atom. The van der Waals surface area contributed by atoms with Crippen LogP contribution in [-0.4, -0.2) is 57.9 Å². The molecule has 1 aromatic heterocycles. The Bertz CT molecular complexity index is 1140. The molecule has 31 heavy (non-hydrogen) atoms. The number of thioether (sulfide) groups is 1. The highest BCUT2D eigenvalue weighted by molar-refractivity contribution is 8.25. The Kier molecular flexibility index (Phi) is 4.64. The summed E-state index contributed by atoms with van der Waals surface area (Å²) in [5, 5.41) is 0.507. The normalized spacial score (nSPS) is 30.3. The number of likely N-dealkylation sites (tertiary alicyclic amines) is 1. The molecule has 0 bridgehead atoms. The number of hydrogen-bond acceptors (Lipinski definition) is 6. The zero-order chi connectivity index (χ0) is 22.1. The number of furan rings is 1. The summed E-state index contributed by atoms with van der Waals surface area (Å²) in [6.45, 7) is 4.50. The van der Waals surface area contributed by atoms with Crippen molar-refractivity contribution in [2.45, 2.75) is 16.2 Å². The molecular formula is C22H20ClN3O3S2. The summed E-state index contributed by atoms with van der Waals surface area (Å²) in [6, 6.07) is 9.04. The Morgan fingerprint density at radius 1 is 1.32 bits per heavy atom. The van der Waals surface area contributed by atoms with Crippen molar-refractivity contribution in [1.82, 2.24) is 9.80 Å². The quantitative estimate of drug-likeness (QED) is 0.501. The lowest BCUT2D eigenvalue weighted by molar-refractivity contribution is -0.138. The van der Waals surface area contributed by atoms with Gasteiger partial charge in [-0.2, -0.15) is 0 Å². The lowest BCUT2D eigenvalue weighted by Crippen LogP contribution is -2.62. The second-order valence-corrected chi connectivity index (χ2v) is 10.3. The molecule has 1 aromatic carbocycles. The molecule has 9 heteroatoms. The highest BCUT2D eigenvalue weighted by Gasteiger charge is 2.79. The fraction of sp³-hybridized carbons (Fsp3) is 0.318. The van der Waals surface area contributed by atoms with Gasteiger partial charge in [0.05, 0.1) is 12.2 Å². The van der Waals surface area contributed by atoms with E-state index in [4.69, 9.17) is 28.2 Å². The molecule has 0 N–H and O–H groups in total. The third kappa shape index (κ3) is 2.36.